The summed E-state index contributed by atoms with van der Waals surface area (Å²) in [7, 11) is 1.88. The first-order chi connectivity index (χ1) is 9.06. The highest BCUT2D eigenvalue weighted by molar-refractivity contribution is 6.32. The Morgan fingerprint density at radius 1 is 1.47 bits per heavy atom. The van der Waals surface area contributed by atoms with Gasteiger partial charge in [0.05, 0.1) is 17.8 Å². The van der Waals surface area contributed by atoms with Crippen molar-refractivity contribution < 1.29 is 9.53 Å². The maximum atomic E-state index is 11.2. The monoisotopic (exact) mass is 278 g/mol. The van der Waals surface area contributed by atoms with Gasteiger partial charge in [0, 0.05) is 25.2 Å². The average molecular weight is 279 g/mol. The molecule has 5 heteroatoms. The van der Waals surface area contributed by atoms with E-state index in [1.54, 1.807) is 22.9 Å². The first-order valence-corrected chi connectivity index (χ1v) is 6.35. The maximum Gasteiger partial charge on any atom is 0.159 e. The lowest BCUT2D eigenvalue weighted by Crippen LogP contribution is -2.02. The fourth-order valence-electron chi connectivity index (χ4n) is 1.72. The predicted octanol–water partition coefficient (Wildman–Crippen LogP) is 2.90. The number of halogens is 1. The summed E-state index contributed by atoms with van der Waals surface area (Å²) in [5.74, 6) is 0.583. The number of hydrogen-bond donors (Lipinski definition) is 0. The zero-order valence-corrected chi connectivity index (χ0v) is 11.6. The number of benzene rings is 1. The Balaban J connectivity index is 1.94. The second-order valence-corrected chi connectivity index (χ2v) is 4.73. The molecular weight excluding hydrogens is 264 g/mol. The van der Waals surface area contributed by atoms with E-state index in [0.29, 0.717) is 22.9 Å². The minimum absolute atomic E-state index is 0.0104. The van der Waals surface area contributed by atoms with Crippen LogP contribution in [-0.2, 0) is 13.5 Å². The number of aryl methyl sites for hydroxylation is 1. The summed E-state index contributed by atoms with van der Waals surface area (Å²) < 4.78 is 7.36. The van der Waals surface area contributed by atoms with Gasteiger partial charge >= 0.3 is 0 Å². The van der Waals surface area contributed by atoms with Crippen LogP contribution in [0.5, 0.6) is 5.75 Å². The SMILES string of the molecule is CC(=O)c1ccc(OCCc2cnn(C)c2)c(Cl)c1. The Labute approximate surface area is 116 Å². The molecule has 1 aromatic heterocycles. The summed E-state index contributed by atoms with van der Waals surface area (Å²) in [6, 6.07) is 5.07. The van der Waals surface area contributed by atoms with Crippen molar-refractivity contribution in [2.75, 3.05) is 6.61 Å². The molecule has 0 atom stereocenters. The Morgan fingerprint density at radius 2 is 2.26 bits per heavy atom. The number of carbonyl (C=O) groups is 1. The minimum Gasteiger partial charge on any atom is -0.492 e. The third-order valence-corrected chi connectivity index (χ3v) is 3.04. The minimum atomic E-state index is -0.0104. The van der Waals surface area contributed by atoms with E-state index in [1.807, 2.05) is 19.4 Å². The summed E-state index contributed by atoms with van der Waals surface area (Å²) in [6.07, 6.45) is 4.52. The molecular formula is C14H15ClN2O2. The summed E-state index contributed by atoms with van der Waals surface area (Å²) >= 11 is 6.07. The van der Waals surface area contributed by atoms with Gasteiger partial charge in [-0.05, 0) is 30.7 Å². The van der Waals surface area contributed by atoms with Crippen molar-refractivity contribution in [2.24, 2.45) is 7.05 Å². The van der Waals surface area contributed by atoms with E-state index in [2.05, 4.69) is 5.10 Å². The zero-order valence-electron chi connectivity index (χ0n) is 10.9. The third-order valence-electron chi connectivity index (χ3n) is 2.75. The number of carbonyl (C=O) groups excluding carboxylic acids is 1. The molecule has 0 N–H and O–H groups in total. The number of nitrogens with zero attached hydrogens (tertiary/aromatic N) is 2. The lowest BCUT2D eigenvalue weighted by atomic mass is 10.1. The van der Waals surface area contributed by atoms with E-state index in [4.69, 9.17) is 16.3 Å². The normalized spacial score (nSPS) is 10.5. The van der Waals surface area contributed by atoms with Gasteiger partial charge in [0.1, 0.15) is 5.75 Å². The molecule has 0 spiro atoms. The van der Waals surface area contributed by atoms with Gasteiger partial charge in [-0.25, -0.2) is 0 Å². The molecule has 19 heavy (non-hydrogen) atoms. The van der Waals surface area contributed by atoms with E-state index in [1.165, 1.54) is 6.92 Å². The summed E-state index contributed by atoms with van der Waals surface area (Å²) in [4.78, 5) is 11.2. The Bertz CT molecular complexity index is 593. The summed E-state index contributed by atoms with van der Waals surface area (Å²) in [6.45, 7) is 2.03. The van der Waals surface area contributed by atoms with Gasteiger partial charge in [0.25, 0.3) is 0 Å². The van der Waals surface area contributed by atoms with E-state index < -0.39 is 0 Å². The number of hydrogen-bond acceptors (Lipinski definition) is 3. The molecule has 100 valence electrons. The van der Waals surface area contributed by atoms with Gasteiger partial charge in [0.2, 0.25) is 0 Å². The van der Waals surface area contributed by atoms with Crippen LogP contribution in [0.25, 0.3) is 0 Å². The first-order valence-electron chi connectivity index (χ1n) is 5.97. The van der Waals surface area contributed by atoms with Crippen LogP contribution in [-0.4, -0.2) is 22.2 Å². The van der Waals surface area contributed by atoms with Crippen LogP contribution in [0.2, 0.25) is 5.02 Å². The number of rotatable bonds is 5. The largest absolute Gasteiger partial charge is 0.492 e. The Morgan fingerprint density at radius 3 is 2.84 bits per heavy atom. The fourth-order valence-corrected chi connectivity index (χ4v) is 1.95. The Kier molecular flexibility index (Phi) is 4.22. The van der Waals surface area contributed by atoms with Gasteiger partial charge in [0.15, 0.2) is 5.78 Å². The molecule has 2 rings (SSSR count). The van der Waals surface area contributed by atoms with Crippen molar-refractivity contribution in [3.8, 4) is 5.75 Å². The molecule has 2 aromatic rings. The molecule has 0 saturated carbocycles. The van der Waals surface area contributed by atoms with Gasteiger partial charge in [-0.15, -0.1) is 0 Å². The van der Waals surface area contributed by atoms with Crippen molar-refractivity contribution >= 4 is 17.4 Å². The molecule has 1 heterocycles. The van der Waals surface area contributed by atoms with Crippen LogP contribution in [0.15, 0.2) is 30.6 Å². The highest BCUT2D eigenvalue weighted by Gasteiger charge is 2.06. The number of ketones is 1. The van der Waals surface area contributed by atoms with Gasteiger partial charge < -0.3 is 4.74 Å². The fraction of sp³-hybridized carbons (Fsp3) is 0.286. The number of aromatic nitrogens is 2. The molecule has 0 bridgehead atoms. The molecule has 0 aliphatic heterocycles. The van der Waals surface area contributed by atoms with Crippen molar-refractivity contribution in [1.82, 2.24) is 9.78 Å². The van der Waals surface area contributed by atoms with E-state index in [9.17, 15) is 4.79 Å². The maximum absolute atomic E-state index is 11.2. The van der Waals surface area contributed by atoms with Crippen molar-refractivity contribution in [2.45, 2.75) is 13.3 Å². The first kappa shape index (κ1) is 13.6. The molecule has 0 aliphatic carbocycles. The molecule has 0 radical (unpaired) electrons. The molecule has 0 saturated heterocycles. The Hall–Kier alpha value is -1.81. The standard InChI is InChI=1S/C14H15ClN2O2/c1-10(18)12-3-4-14(13(15)7-12)19-6-5-11-8-16-17(2)9-11/h3-4,7-9H,5-6H2,1-2H3. The molecule has 1 aromatic carbocycles. The van der Waals surface area contributed by atoms with Crippen LogP contribution in [0.3, 0.4) is 0 Å². The van der Waals surface area contributed by atoms with Gasteiger partial charge in [-0.3, -0.25) is 9.48 Å². The topological polar surface area (TPSA) is 44.1 Å². The molecule has 0 fully saturated rings. The van der Waals surface area contributed by atoms with Crippen LogP contribution in [0.4, 0.5) is 0 Å². The summed E-state index contributed by atoms with van der Waals surface area (Å²) in [5.41, 5.74) is 1.70. The average Bonchev–Trinajstić information content (AvgIpc) is 2.77. The van der Waals surface area contributed by atoms with Crippen molar-refractivity contribution in [3.63, 3.8) is 0 Å². The second-order valence-electron chi connectivity index (χ2n) is 4.32. The predicted molar refractivity (Wildman–Crippen MR) is 73.9 cm³/mol. The quantitative estimate of drug-likeness (QED) is 0.790. The molecule has 0 aliphatic rings. The van der Waals surface area contributed by atoms with Crippen molar-refractivity contribution in [3.05, 3.63) is 46.7 Å². The van der Waals surface area contributed by atoms with E-state index in [-0.39, 0.29) is 5.78 Å². The highest BCUT2D eigenvalue weighted by atomic mass is 35.5. The van der Waals surface area contributed by atoms with Crippen LogP contribution < -0.4 is 4.74 Å². The lowest BCUT2D eigenvalue weighted by Gasteiger charge is -2.08. The van der Waals surface area contributed by atoms with Crippen molar-refractivity contribution in [1.29, 1.82) is 0 Å². The van der Waals surface area contributed by atoms with Gasteiger partial charge in [-0.2, -0.15) is 5.10 Å². The van der Waals surface area contributed by atoms with E-state index >= 15 is 0 Å². The molecule has 4 nitrogen and oxygen atoms in total. The van der Waals surface area contributed by atoms with Crippen LogP contribution in [0, 0.1) is 0 Å². The second kappa shape index (κ2) is 5.89. The van der Waals surface area contributed by atoms with Crippen LogP contribution >= 0.6 is 11.6 Å². The zero-order chi connectivity index (χ0) is 13.8. The van der Waals surface area contributed by atoms with E-state index in [0.717, 1.165) is 12.0 Å². The molecule has 0 amide bonds. The third kappa shape index (κ3) is 3.58. The number of Topliss-reactive ketones (excluding diaryl/α,β-unsaturated/α-hetero) is 1. The van der Waals surface area contributed by atoms with Crippen LogP contribution in [0.1, 0.15) is 22.8 Å². The lowest BCUT2D eigenvalue weighted by molar-refractivity contribution is 0.101. The molecule has 0 unspecified atom stereocenters. The highest BCUT2D eigenvalue weighted by Crippen LogP contribution is 2.25. The summed E-state index contributed by atoms with van der Waals surface area (Å²) in [5, 5.41) is 4.55. The van der Waals surface area contributed by atoms with Gasteiger partial charge in [-0.1, -0.05) is 11.6 Å². The smallest absolute Gasteiger partial charge is 0.159 e. The number of ether oxygens (including phenoxy) is 1.